The second-order valence-electron chi connectivity index (χ2n) is 2.29. The summed E-state index contributed by atoms with van der Waals surface area (Å²) in [5.74, 6) is 0. The van der Waals surface area contributed by atoms with Crippen LogP contribution < -0.4 is 0 Å². The molecule has 0 heterocycles. The first kappa shape index (κ1) is 8.31. The second-order valence-corrected chi connectivity index (χ2v) is 3.62. The molecule has 0 aliphatic carbocycles. The van der Waals surface area contributed by atoms with Crippen LogP contribution in [0.4, 0.5) is 0 Å². The van der Waals surface area contributed by atoms with Crippen molar-refractivity contribution in [2.75, 3.05) is 0 Å². The molecule has 0 unspecified atom stereocenters. The molecule has 0 amide bonds. The number of hydrogen-bond donors (Lipinski definition) is 0. The van der Waals surface area contributed by atoms with Crippen molar-refractivity contribution >= 4 is 12.0 Å². The Labute approximate surface area is 56.0 Å². The summed E-state index contributed by atoms with van der Waals surface area (Å²) >= 11 is 1.54. The predicted octanol–water partition coefficient (Wildman–Crippen LogP) is 2.47. The second kappa shape index (κ2) is 4.21. The van der Waals surface area contributed by atoms with E-state index in [-0.39, 0.29) is 0 Å². The van der Waals surface area contributed by atoms with E-state index in [0.717, 1.165) is 0 Å². The first-order chi connectivity index (χ1) is 3.63. The van der Waals surface area contributed by atoms with Crippen LogP contribution in [0.15, 0.2) is 0 Å². The molecule has 0 rings (SSSR count). The fourth-order valence-corrected chi connectivity index (χ4v) is 0.667. The molecule has 0 aromatic heterocycles. The Morgan fingerprint density at radius 1 is 1.12 bits per heavy atom. The Bertz CT molecular complexity index is 44.5. The molecule has 0 saturated heterocycles. The van der Waals surface area contributed by atoms with Gasteiger partial charge in [-0.1, -0.05) is 13.8 Å². The van der Waals surface area contributed by atoms with Crippen LogP contribution in [-0.2, 0) is 4.18 Å². The minimum absolute atomic E-state index is 0.349. The summed E-state index contributed by atoms with van der Waals surface area (Å²) < 4.78 is 5.22. The van der Waals surface area contributed by atoms with Crippen molar-refractivity contribution in [3.8, 4) is 0 Å². The van der Waals surface area contributed by atoms with E-state index >= 15 is 0 Å². The first-order valence-corrected chi connectivity index (χ1v) is 3.75. The molecule has 50 valence electrons. The molecule has 0 radical (unpaired) electrons. The molecule has 0 aliphatic heterocycles. The SMILES string of the molecule is CC(C)OSC(C)C. The largest absolute Gasteiger partial charge is 0.312 e. The van der Waals surface area contributed by atoms with E-state index < -0.39 is 0 Å². The molecule has 0 aromatic carbocycles. The van der Waals surface area contributed by atoms with Crippen molar-refractivity contribution in [2.45, 2.75) is 39.0 Å². The van der Waals surface area contributed by atoms with Gasteiger partial charge in [0.15, 0.2) is 0 Å². The van der Waals surface area contributed by atoms with Crippen LogP contribution in [0.2, 0.25) is 0 Å². The average Bonchev–Trinajstić information content (AvgIpc) is 1.61. The Kier molecular flexibility index (Phi) is 4.38. The zero-order chi connectivity index (χ0) is 6.57. The van der Waals surface area contributed by atoms with Crippen molar-refractivity contribution in [3.63, 3.8) is 0 Å². The van der Waals surface area contributed by atoms with Crippen molar-refractivity contribution in [3.05, 3.63) is 0 Å². The van der Waals surface area contributed by atoms with Gasteiger partial charge >= 0.3 is 0 Å². The summed E-state index contributed by atoms with van der Waals surface area (Å²) in [5.41, 5.74) is 0. The van der Waals surface area contributed by atoms with Crippen LogP contribution in [-0.4, -0.2) is 11.4 Å². The summed E-state index contributed by atoms with van der Waals surface area (Å²) in [6.45, 7) is 8.31. The maximum Gasteiger partial charge on any atom is 0.0666 e. The van der Waals surface area contributed by atoms with Crippen molar-refractivity contribution in [2.24, 2.45) is 0 Å². The average molecular weight is 134 g/mol. The van der Waals surface area contributed by atoms with E-state index in [0.29, 0.717) is 11.4 Å². The molecular weight excluding hydrogens is 120 g/mol. The minimum Gasteiger partial charge on any atom is -0.312 e. The zero-order valence-corrected chi connectivity index (χ0v) is 6.79. The highest BCUT2D eigenvalue weighted by Crippen LogP contribution is 2.12. The minimum atomic E-state index is 0.349. The standard InChI is InChI=1S/C6H14OS/c1-5(2)7-8-6(3)4/h5-6H,1-4H3. The number of rotatable bonds is 3. The Balaban J connectivity index is 2.93. The molecule has 0 spiro atoms. The van der Waals surface area contributed by atoms with Gasteiger partial charge < -0.3 is 4.18 Å². The van der Waals surface area contributed by atoms with Gasteiger partial charge in [0, 0.05) is 5.25 Å². The highest BCUT2D eigenvalue weighted by atomic mass is 32.2. The molecule has 0 fully saturated rings. The van der Waals surface area contributed by atoms with Crippen LogP contribution in [0.25, 0.3) is 0 Å². The third-order valence-corrected chi connectivity index (χ3v) is 1.32. The van der Waals surface area contributed by atoms with E-state index in [1.54, 1.807) is 0 Å². The van der Waals surface area contributed by atoms with Crippen LogP contribution >= 0.6 is 12.0 Å². The molecule has 0 N–H and O–H groups in total. The lowest BCUT2D eigenvalue weighted by Crippen LogP contribution is -1.98. The molecule has 0 aliphatic rings. The van der Waals surface area contributed by atoms with Gasteiger partial charge in [-0.3, -0.25) is 0 Å². The van der Waals surface area contributed by atoms with Gasteiger partial charge in [0.2, 0.25) is 0 Å². The summed E-state index contributed by atoms with van der Waals surface area (Å²) in [5, 5.41) is 0.581. The smallest absolute Gasteiger partial charge is 0.0666 e. The lowest BCUT2D eigenvalue weighted by molar-refractivity contribution is 0.287. The Hall–Kier alpha value is 0.310. The Morgan fingerprint density at radius 2 is 1.62 bits per heavy atom. The molecule has 0 aromatic rings. The van der Waals surface area contributed by atoms with Gasteiger partial charge in [-0.05, 0) is 25.9 Å². The van der Waals surface area contributed by atoms with Gasteiger partial charge in [-0.25, -0.2) is 0 Å². The monoisotopic (exact) mass is 134 g/mol. The molecule has 0 atom stereocenters. The third kappa shape index (κ3) is 6.31. The third-order valence-electron chi connectivity index (χ3n) is 0.440. The summed E-state index contributed by atoms with van der Waals surface area (Å²) in [4.78, 5) is 0. The lowest BCUT2D eigenvalue weighted by Gasteiger charge is -2.06. The fourth-order valence-electron chi connectivity index (χ4n) is 0.222. The van der Waals surface area contributed by atoms with E-state index in [1.807, 2.05) is 13.8 Å². The van der Waals surface area contributed by atoms with Crippen molar-refractivity contribution < 1.29 is 4.18 Å². The normalized spacial score (nSPS) is 11.2. The van der Waals surface area contributed by atoms with E-state index in [2.05, 4.69) is 13.8 Å². The molecule has 2 heteroatoms. The van der Waals surface area contributed by atoms with Crippen LogP contribution in [0.3, 0.4) is 0 Å². The maximum atomic E-state index is 5.22. The zero-order valence-electron chi connectivity index (χ0n) is 5.97. The van der Waals surface area contributed by atoms with E-state index in [1.165, 1.54) is 12.0 Å². The summed E-state index contributed by atoms with van der Waals surface area (Å²) in [7, 11) is 0. The van der Waals surface area contributed by atoms with Gasteiger partial charge in [0.25, 0.3) is 0 Å². The highest BCUT2D eigenvalue weighted by molar-refractivity contribution is 7.95. The molecular formula is C6H14OS. The topological polar surface area (TPSA) is 9.23 Å². The quantitative estimate of drug-likeness (QED) is 0.548. The fraction of sp³-hybridized carbons (Fsp3) is 1.00. The van der Waals surface area contributed by atoms with Crippen LogP contribution in [0, 0.1) is 0 Å². The molecule has 0 saturated carbocycles. The van der Waals surface area contributed by atoms with E-state index in [9.17, 15) is 0 Å². The first-order valence-electron chi connectivity index (χ1n) is 2.95. The molecule has 1 nitrogen and oxygen atoms in total. The lowest BCUT2D eigenvalue weighted by atomic mass is 10.5. The molecule has 8 heavy (non-hydrogen) atoms. The van der Waals surface area contributed by atoms with Crippen LogP contribution in [0.1, 0.15) is 27.7 Å². The van der Waals surface area contributed by atoms with Crippen molar-refractivity contribution in [1.29, 1.82) is 0 Å². The van der Waals surface area contributed by atoms with Gasteiger partial charge in [-0.2, -0.15) is 0 Å². The van der Waals surface area contributed by atoms with Gasteiger partial charge in [-0.15, -0.1) is 0 Å². The Morgan fingerprint density at radius 3 is 1.75 bits per heavy atom. The predicted molar refractivity (Wildman–Crippen MR) is 38.9 cm³/mol. The highest BCUT2D eigenvalue weighted by Gasteiger charge is 1.96. The summed E-state index contributed by atoms with van der Waals surface area (Å²) in [6.07, 6.45) is 0.349. The molecule has 0 bridgehead atoms. The number of hydrogen-bond acceptors (Lipinski definition) is 2. The van der Waals surface area contributed by atoms with Crippen LogP contribution in [0.5, 0.6) is 0 Å². The van der Waals surface area contributed by atoms with E-state index in [4.69, 9.17) is 4.18 Å². The van der Waals surface area contributed by atoms with Gasteiger partial charge in [0.05, 0.1) is 6.10 Å². The summed E-state index contributed by atoms with van der Waals surface area (Å²) in [6, 6.07) is 0. The maximum absolute atomic E-state index is 5.22. The van der Waals surface area contributed by atoms with Crippen molar-refractivity contribution in [1.82, 2.24) is 0 Å². The van der Waals surface area contributed by atoms with Gasteiger partial charge in [0.1, 0.15) is 0 Å².